The van der Waals surface area contributed by atoms with E-state index in [4.69, 9.17) is 21.5 Å². The molecule has 0 saturated carbocycles. The number of amides is 1. The molecule has 0 atom stereocenters. The first kappa shape index (κ1) is 24.9. The Morgan fingerprint density at radius 2 is 1.91 bits per heavy atom. The second-order valence-electron chi connectivity index (χ2n) is 6.38. The number of hydrogen-bond acceptors (Lipinski definition) is 7. The molecule has 0 bridgehead atoms. The number of rotatable bonds is 4. The molecule has 0 radical (unpaired) electrons. The number of aromatic amines is 1. The molecule has 2 aromatic carbocycles. The minimum atomic E-state index is -5.08. The summed E-state index contributed by atoms with van der Waals surface area (Å²) in [5, 5.41) is 21.3. The van der Waals surface area contributed by atoms with E-state index < -0.39 is 23.9 Å². The van der Waals surface area contributed by atoms with Crippen molar-refractivity contribution in [1.82, 2.24) is 24.9 Å². The van der Waals surface area contributed by atoms with E-state index in [0.29, 0.717) is 27.2 Å². The minimum Gasteiger partial charge on any atom is -0.475 e. The Bertz CT molecular complexity index is 1360. The topological polar surface area (TPSA) is 133 Å². The van der Waals surface area contributed by atoms with E-state index >= 15 is 0 Å². The minimum absolute atomic E-state index is 0.0623. The number of halogens is 5. The van der Waals surface area contributed by atoms with Crippen molar-refractivity contribution < 1.29 is 32.3 Å². The first-order valence-corrected chi connectivity index (χ1v) is 10.2. The van der Waals surface area contributed by atoms with Crippen LogP contribution in [0, 0.1) is 5.82 Å². The molecule has 4 N–H and O–H groups in total. The van der Waals surface area contributed by atoms with Crippen LogP contribution in [-0.2, 0) is 4.79 Å². The summed E-state index contributed by atoms with van der Waals surface area (Å²) in [4.78, 5) is 25.1. The number of aliphatic carboxylic acids is 1. The Kier molecular flexibility index (Phi) is 7.32. The third-order valence-corrected chi connectivity index (χ3v) is 5.20. The van der Waals surface area contributed by atoms with Crippen LogP contribution in [0.1, 0.15) is 10.4 Å². The number of hydrogen-bond donors (Lipinski definition) is 4. The quantitative estimate of drug-likeness (QED) is 0.291. The maximum absolute atomic E-state index is 13.8. The summed E-state index contributed by atoms with van der Waals surface area (Å²) in [6.45, 7) is 0. The molecule has 15 heteroatoms. The van der Waals surface area contributed by atoms with E-state index in [2.05, 4.69) is 30.2 Å². The van der Waals surface area contributed by atoms with Crippen LogP contribution in [0.2, 0.25) is 5.02 Å². The molecule has 0 fully saturated rings. The van der Waals surface area contributed by atoms with Crippen LogP contribution in [0.4, 0.5) is 28.4 Å². The summed E-state index contributed by atoms with van der Waals surface area (Å²) >= 11 is 7.52. The van der Waals surface area contributed by atoms with Crippen LogP contribution in [0.15, 0.2) is 36.5 Å². The average Bonchev–Trinajstić information content (AvgIpc) is 3.45. The van der Waals surface area contributed by atoms with Crippen molar-refractivity contribution in [2.45, 2.75) is 6.18 Å². The number of fused-ring (bicyclic) bond motifs is 1. The van der Waals surface area contributed by atoms with E-state index in [9.17, 15) is 22.4 Å². The Balaban J connectivity index is 0.000000406. The second kappa shape index (κ2) is 10.0. The average molecular weight is 517 g/mol. The van der Waals surface area contributed by atoms with E-state index in [1.54, 1.807) is 6.20 Å². The molecule has 1 amide bonds. The number of carboxylic acids is 1. The van der Waals surface area contributed by atoms with Gasteiger partial charge in [0.15, 0.2) is 5.82 Å². The summed E-state index contributed by atoms with van der Waals surface area (Å²) in [7, 11) is 1.44. The van der Waals surface area contributed by atoms with Crippen LogP contribution in [0.25, 0.3) is 22.3 Å². The molecular weight excluding hydrogens is 504 g/mol. The van der Waals surface area contributed by atoms with E-state index in [-0.39, 0.29) is 5.56 Å². The lowest BCUT2D eigenvalue weighted by Gasteiger charge is -2.05. The fourth-order valence-corrected chi connectivity index (χ4v) is 3.42. The van der Waals surface area contributed by atoms with E-state index in [0.717, 1.165) is 22.4 Å². The van der Waals surface area contributed by atoms with Crippen LogP contribution >= 0.6 is 23.1 Å². The lowest BCUT2D eigenvalue weighted by molar-refractivity contribution is -0.192. The molecule has 34 heavy (non-hydrogen) atoms. The zero-order valence-electron chi connectivity index (χ0n) is 16.9. The van der Waals surface area contributed by atoms with Gasteiger partial charge in [-0.1, -0.05) is 11.6 Å². The highest BCUT2D eigenvalue weighted by molar-refractivity contribution is 7.10. The normalized spacial score (nSPS) is 11.0. The van der Waals surface area contributed by atoms with Crippen LogP contribution in [0.3, 0.4) is 0 Å². The molecular formula is C19H13ClF4N6O3S. The van der Waals surface area contributed by atoms with Gasteiger partial charge in [-0.2, -0.15) is 27.6 Å². The number of aromatic nitrogens is 4. The lowest BCUT2D eigenvalue weighted by Crippen LogP contribution is -2.21. The van der Waals surface area contributed by atoms with Gasteiger partial charge < -0.3 is 15.7 Å². The van der Waals surface area contributed by atoms with Crippen molar-refractivity contribution >= 4 is 56.7 Å². The van der Waals surface area contributed by atoms with Crippen molar-refractivity contribution in [1.29, 1.82) is 0 Å². The zero-order chi connectivity index (χ0) is 25.0. The van der Waals surface area contributed by atoms with Gasteiger partial charge in [0.05, 0.1) is 28.0 Å². The van der Waals surface area contributed by atoms with Gasteiger partial charge in [0, 0.05) is 29.5 Å². The summed E-state index contributed by atoms with van der Waals surface area (Å²) in [6.07, 6.45) is -3.44. The molecule has 178 valence electrons. The third-order valence-electron chi connectivity index (χ3n) is 4.16. The van der Waals surface area contributed by atoms with Gasteiger partial charge in [0.25, 0.3) is 5.91 Å². The molecule has 0 spiro atoms. The SMILES string of the molecule is CNC(=O)c1cc(-c2nsc(Nc3ccc4[nH]ncc4c3Cl)n2)ccc1F.O=C(O)C(F)(F)F. The van der Waals surface area contributed by atoms with Crippen LogP contribution in [-0.4, -0.2) is 49.8 Å². The molecule has 2 aromatic heterocycles. The smallest absolute Gasteiger partial charge is 0.475 e. The Morgan fingerprint density at radius 3 is 2.56 bits per heavy atom. The van der Waals surface area contributed by atoms with Gasteiger partial charge in [-0.3, -0.25) is 9.89 Å². The standard InChI is InChI=1S/C17H12ClFN6OS.C2HF3O2/c1-20-16(26)9-6-8(2-3-11(9)19)15-23-17(27-25-15)22-13-5-4-12-10(14(13)18)7-21-24-12;3-2(4,5)1(6)7/h2-7H,1H3,(H,20,26)(H,21,24)(H,22,23,25);(H,6,7). The predicted octanol–water partition coefficient (Wildman–Crippen LogP) is 4.61. The molecule has 0 aliphatic rings. The molecule has 4 rings (SSSR count). The summed E-state index contributed by atoms with van der Waals surface area (Å²) in [5.41, 5.74) is 1.97. The molecule has 0 saturated heterocycles. The van der Waals surface area contributed by atoms with Gasteiger partial charge in [-0.25, -0.2) is 9.18 Å². The zero-order valence-corrected chi connectivity index (χ0v) is 18.4. The van der Waals surface area contributed by atoms with Gasteiger partial charge in [-0.05, 0) is 30.3 Å². The Hall–Kier alpha value is -3.78. The highest BCUT2D eigenvalue weighted by atomic mass is 35.5. The number of nitrogens with zero attached hydrogens (tertiary/aromatic N) is 3. The number of H-pyrrole nitrogens is 1. The van der Waals surface area contributed by atoms with Crippen molar-refractivity contribution in [2.75, 3.05) is 12.4 Å². The lowest BCUT2D eigenvalue weighted by atomic mass is 10.1. The second-order valence-corrected chi connectivity index (χ2v) is 7.51. The number of carbonyl (C=O) groups is 2. The molecule has 2 heterocycles. The maximum atomic E-state index is 13.8. The Morgan fingerprint density at radius 1 is 1.21 bits per heavy atom. The van der Waals surface area contributed by atoms with Crippen molar-refractivity contribution in [3.05, 3.63) is 52.9 Å². The van der Waals surface area contributed by atoms with Gasteiger partial charge in [0.1, 0.15) is 5.82 Å². The van der Waals surface area contributed by atoms with Crippen molar-refractivity contribution in [3.8, 4) is 11.4 Å². The maximum Gasteiger partial charge on any atom is 0.490 e. The number of alkyl halides is 3. The van der Waals surface area contributed by atoms with Crippen molar-refractivity contribution in [2.24, 2.45) is 0 Å². The van der Waals surface area contributed by atoms with Gasteiger partial charge in [-0.15, -0.1) is 0 Å². The fourth-order valence-electron chi connectivity index (χ4n) is 2.56. The number of benzene rings is 2. The highest BCUT2D eigenvalue weighted by Gasteiger charge is 2.38. The third kappa shape index (κ3) is 5.58. The van der Waals surface area contributed by atoms with Crippen LogP contribution < -0.4 is 10.6 Å². The molecule has 4 aromatic rings. The Labute approximate surface area is 196 Å². The van der Waals surface area contributed by atoms with E-state index in [1.165, 1.54) is 25.2 Å². The van der Waals surface area contributed by atoms with Crippen molar-refractivity contribution in [3.63, 3.8) is 0 Å². The number of carboxylic acid groups (broad SMARTS) is 1. The predicted molar refractivity (Wildman–Crippen MR) is 117 cm³/mol. The van der Waals surface area contributed by atoms with Gasteiger partial charge >= 0.3 is 12.1 Å². The largest absolute Gasteiger partial charge is 0.490 e. The molecule has 9 nitrogen and oxygen atoms in total. The first-order valence-electron chi connectivity index (χ1n) is 9.05. The monoisotopic (exact) mass is 516 g/mol. The summed E-state index contributed by atoms with van der Waals surface area (Å²) in [5.74, 6) is -3.49. The molecule has 0 unspecified atom stereocenters. The van der Waals surface area contributed by atoms with E-state index in [1.807, 2.05) is 12.1 Å². The van der Waals surface area contributed by atoms with Gasteiger partial charge in [0.2, 0.25) is 5.13 Å². The summed E-state index contributed by atoms with van der Waals surface area (Å²) < 4.78 is 49.8. The first-order chi connectivity index (χ1) is 16.0. The molecule has 0 aliphatic heterocycles. The van der Waals surface area contributed by atoms with Crippen LogP contribution in [0.5, 0.6) is 0 Å². The number of carbonyl (C=O) groups excluding carboxylic acids is 1. The molecule has 0 aliphatic carbocycles. The number of anilines is 2. The summed E-state index contributed by atoms with van der Waals surface area (Å²) in [6, 6.07) is 7.83. The fraction of sp³-hybridized carbons (Fsp3) is 0.105. The number of nitrogens with one attached hydrogen (secondary N) is 3. The highest BCUT2D eigenvalue weighted by Crippen LogP contribution is 2.33.